The number of carbonyl (C=O) groups is 4. The summed E-state index contributed by atoms with van der Waals surface area (Å²) in [7, 11) is -10.0. The molecule has 0 aliphatic heterocycles. The van der Waals surface area contributed by atoms with Crippen LogP contribution in [0.3, 0.4) is 0 Å². The predicted octanol–water partition coefficient (Wildman–Crippen LogP) is 24.8. The molecule has 0 radical (unpaired) electrons. The van der Waals surface area contributed by atoms with Gasteiger partial charge in [-0.05, 0) is 161 Å². The molecule has 0 saturated carbocycles. The first-order chi connectivity index (χ1) is 52.7. The zero-order valence-electron chi connectivity index (χ0n) is 67.5. The molecule has 3 N–H and O–H groups in total. The number of rotatable bonds is 77. The normalized spacial score (nSPS) is 14.6. The summed E-state index contributed by atoms with van der Waals surface area (Å²) < 4.78 is 68.5. The Morgan fingerprint density at radius 1 is 0.259 bits per heavy atom. The van der Waals surface area contributed by atoms with Crippen LogP contribution < -0.4 is 0 Å². The monoisotopic (exact) mass is 1550 g/mol. The predicted molar refractivity (Wildman–Crippen MR) is 445 cm³/mol. The lowest BCUT2D eigenvalue weighted by atomic mass is 10.1. The van der Waals surface area contributed by atoms with E-state index >= 15 is 0 Å². The molecule has 0 fully saturated rings. The number of carbonyl (C=O) groups excluding carboxylic acids is 4. The molecule has 0 amide bonds. The summed E-state index contributed by atoms with van der Waals surface area (Å²) >= 11 is 0. The molecule has 0 rings (SSSR count). The molecule has 0 heterocycles. The molecule has 19 heteroatoms. The SMILES string of the molecule is CCCCC/C=C\C/C=C\C/C=C\C/C=C\C/C=C\CCC(=O)O[C@H](COC(=O)CCCCCCC/C=C\C/C=C\CCCCC)COP(=O)(O)OC[C@@H](O)COP(=O)(O)OC[C@@H](COC(=O)CCCCCCCCC/C=C\CCCCCC)OC(=O)CC/C=C\C/C=C\C/C=C\C/C=C\C/C=C\CCCCC. The summed E-state index contributed by atoms with van der Waals surface area (Å²) in [6.07, 6.45) is 93.8. The van der Waals surface area contributed by atoms with Crippen molar-refractivity contribution in [3.05, 3.63) is 158 Å². The molecule has 0 aromatic rings. The molecule has 0 aromatic heterocycles. The average Bonchev–Trinajstić information content (AvgIpc) is 0.907. The van der Waals surface area contributed by atoms with Crippen LogP contribution in [0.4, 0.5) is 0 Å². The van der Waals surface area contributed by atoms with E-state index in [0.29, 0.717) is 38.5 Å². The molecule has 5 atom stereocenters. The average molecular weight is 1550 g/mol. The standard InChI is InChI=1S/C89H148O17P2/c1-5-9-13-17-21-25-29-33-37-39-41-43-47-51-55-59-63-67-71-75-88(93)105-84(79-99-86(91)73-69-65-61-57-53-49-45-35-31-27-23-19-15-11-7-3)81-103-107(95,96)101-77-83(90)78-102-108(97,98)104-82-85(80-100-87(92)74-70-66-62-58-54-50-46-36-32-28-24-20-16-12-8-4)106-89(94)76-72-68-64-60-56-52-48-44-42-40-38-34-30-26-22-18-14-10-6-2/h21-23,25-28,32-35,37-38,41-45,51-52,55-56,63-64,67-68,83-85,90H,5-20,24,29-31,36,39-40,46-50,53-54,57-62,65-66,69-82H2,1-4H3,(H,95,96)(H,97,98)/b25-21-,26-22-,27-23-,32-28-,37-33-,38-34-,43-41-,44-42-,45-35-,55-51-,56-52-,67-63-,68-64-/t83-,84-,85-/m1/s1. The van der Waals surface area contributed by atoms with Crippen LogP contribution in [0.2, 0.25) is 0 Å². The number of esters is 4. The zero-order chi connectivity index (χ0) is 78.9. The maximum Gasteiger partial charge on any atom is 0.472 e. The van der Waals surface area contributed by atoms with Crippen molar-refractivity contribution in [2.75, 3.05) is 39.6 Å². The molecule has 616 valence electrons. The van der Waals surface area contributed by atoms with Crippen LogP contribution in [-0.2, 0) is 65.4 Å². The second-order valence-electron chi connectivity index (χ2n) is 27.3. The minimum Gasteiger partial charge on any atom is -0.462 e. The second-order valence-corrected chi connectivity index (χ2v) is 30.3. The summed E-state index contributed by atoms with van der Waals surface area (Å²) in [5.41, 5.74) is 0. The highest BCUT2D eigenvalue weighted by atomic mass is 31.2. The molecular weight excluding hydrogens is 1400 g/mol. The van der Waals surface area contributed by atoms with Crippen molar-refractivity contribution in [3.8, 4) is 0 Å². The summed E-state index contributed by atoms with van der Waals surface area (Å²) in [6.45, 7) is 4.60. The van der Waals surface area contributed by atoms with Gasteiger partial charge in [0.2, 0.25) is 0 Å². The molecule has 108 heavy (non-hydrogen) atoms. The Morgan fingerprint density at radius 3 is 0.759 bits per heavy atom. The lowest BCUT2D eigenvalue weighted by Gasteiger charge is -2.21. The van der Waals surface area contributed by atoms with E-state index in [0.717, 1.165) is 148 Å². The first-order valence-electron chi connectivity index (χ1n) is 41.7. The largest absolute Gasteiger partial charge is 0.472 e. The second kappa shape index (κ2) is 79.8. The van der Waals surface area contributed by atoms with Crippen LogP contribution >= 0.6 is 15.6 Å². The van der Waals surface area contributed by atoms with Gasteiger partial charge in [0, 0.05) is 25.7 Å². The van der Waals surface area contributed by atoms with Crippen molar-refractivity contribution in [1.29, 1.82) is 0 Å². The molecule has 0 aliphatic rings. The van der Waals surface area contributed by atoms with E-state index in [4.69, 9.17) is 37.0 Å². The Balaban J connectivity index is 5.53. The van der Waals surface area contributed by atoms with Gasteiger partial charge in [-0.15, -0.1) is 0 Å². The van der Waals surface area contributed by atoms with Crippen molar-refractivity contribution in [2.45, 2.75) is 341 Å². The van der Waals surface area contributed by atoms with Crippen LogP contribution in [0.15, 0.2) is 158 Å². The third-order valence-corrected chi connectivity index (χ3v) is 18.9. The highest BCUT2D eigenvalue weighted by Crippen LogP contribution is 2.45. The highest BCUT2D eigenvalue weighted by Gasteiger charge is 2.30. The number of allylic oxidation sites excluding steroid dienone is 26. The number of hydrogen-bond acceptors (Lipinski definition) is 15. The van der Waals surface area contributed by atoms with Crippen molar-refractivity contribution in [3.63, 3.8) is 0 Å². The van der Waals surface area contributed by atoms with E-state index in [-0.39, 0.29) is 25.7 Å². The smallest absolute Gasteiger partial charge is 0.462 e. The first-order valence-corrected chi connectivity index (χ1v) is 44.7. The van der Waals surface area contributed by atoms with Crippen molar-refractivity contribution in [1.82, 2.24) is 0 Å². The molecule has 0 spiro atoms. The van der Waals surface area contributed by atoms with Crippen LogP contribution in [0.25, 0.3) is 0 Å². The maximum atomic E-state index is 13.1. The van der Waals surface area contributed by atoms with Crippen LogP contribution in [-0.4, -0.2) is 96.7 Å². The van der Waals surface area contributed by atoms with Crippen LogP contribution in [0, 0.1) is 0 Å². The highest BCUT2D eigenvalue weighted by molar-refractivity contribution is 7.47. The Hall–Kier alpha value is -5.32. The van der Waals surface area contributed by atoms with E-state index in [9.17, 15) is 43.2 Å². The lowest BCUT2D eigenvalue weighted by Crippen LogP contribution is -2.30. The van der Waals surface area contributed by atoms with Gasteiger partial charge in [-0.25, -0.2) is 9.13 Å². The first kappa shape index (κ1) is 103. The van der Waals surface area contributed by atoms with Gasteiger partial charge in [-0.3, -0.25) is 37.3 Å². The fourth-order valence-electron chi connectivity index (χ4n) is 10.6. The number of hydrogen-bond donors (Lipinski definition) is 3. The summed E-state index contributed by atoms with van der Waals surface area (Å²) in [5, 5.41) is 10.7. The van der Waals surface area contributed by atoms with E-state index in [2.05, 4.69) is 149 Å². The van der Waals surface area contributed by atoms with Gasteiger partial charge < -0.3 is 33.8 Å². The van der Waals surface area contributed by atoms with E-state index in [1.165, 1.54) is 83.5 Å². The molecule has 0 saturated heterocycles. The third-order valence-electron chi connectivity index (χ3n) is 17.0. The molecule has 0 bridgehead atoms. The number of ether oxygens (including phenoxy) is 4. The Kier molecular flexibility index (Phi) is 75.8. The van der Waals surface area contributed by atoms with Gasteiger partial charge in [0.15, 0.2) is 12.2 Å². The number of phosphoric ester groups is 2. The number of unbranched alkanes of at least 4 members (excludes halogenated alkanes) is 25. The zero-order valence-corrected chi connectivity index (χ0v) is 69.3. The van der Waals surface area contributed by atoms with Gasteiger partial charge >= 0.3 is 39.5 Å². The number of aliphatic hydroxyl groups is 1. The van der Waals surface area contributed by atoms with Gasteiger partial charge in [0.1, 0.15) is 19.3 Å². The lowest BCUT2D eigenvalue weighted by molar-refractivity contribution is -0.161. The Morgan fingerprint density at radius 2 is 0.472 bits per heavy atom. The Labute approximate surface area is 655 Å². The van der Waals surface area contributed by atoms with E-state index < -0.39 is 97.5 Å². The molecular formula is C89H148O17P2. The van der Waals surface area contributed by atoms with Crippen molar-refractivity contribution >= 4 is 39.5 Å². The minimum atomic E-state index is -5.01. The molecule has 0 aliphatic carbocycles. The van der Waals surface area contributed by atoms with Crippen molar-refractivity contribution in [2.24, 2.45) is 0 Å². The fourth-order valence-corrected chi connectivity index (χ4v) is 12.1. The molecule has 0 aromatic carbocycles. The third kappa shape index (κ3) is 78.8. The maximum absolute atomic E-state index is 13.1. The van der Waals surface area contributed by atoms with Crippen LogP contribution in [0.5, 0.6) is 0 Å². The topological polar surface area (TPSA) is 237 Å². The van der Waals surface area contributed by atoms with Crippen LogP contribution in [0.1, 0.15) is 323 Å². The van der Waals surface area contributed by atoms with Gasteiger partial charge in [-0.2, -0.15) is 0 Å². The minimum absolute atomic E-state index is 0.0355. The van der Waals surface area contributed by atoms with Gasteiger partial charge in [0.25, 0.3) is 0 Å². The Bertz CT molecular complexity index is 2660. The number of phosphoric acid groups is 2. The van der Waals surface area contributed by atoms with E-state index in [1.807, 2.05) is 36.5 Å². The number of aliphatic hydroxyl groups excluding tert-OH is 1. The van der Waals surface area contributed by atoms with Gasteiger partial charge in [0.05, 0.1) is 26.4 Å². The summed E-state index contributed by atoms with van der Waals surface area (Å²) in [6, 6.07) is 0. The van der Waals surface area contributed by atoms with Crippen molar-refractivity contribution < 1.29 is 80.2 Å². The van der Waals surface area contributed by atoms with E-state index in [1.54, 1.807) is 0 Å². The fraction of sp³-hybridized carbons (Fsp3) is 0.663. The molecule has 2 unspecified atom stereocenters. The molecule has 17 nitrogen and oxygen atoms in total. The summed E-state index contributed by atoms with van der Waals surface area (Å²) in [5.74, 6) is -2.39. The quantitative estimate of drug-likeness (QED) is 0.0169. The van der Waals surface area contributed by atoms with Gasteiger partial charge in [-0.1, -0.05) is 295 Å². The summed E-state index contributed by atoms with van der Waals surface area (Å²) in [4.78, 5) is 73.1.